The summed E-state index contributed by atoms with van der Waals surface area (Å²) in [6.45, 7) is 5.01. The molecule has 0 spiro atoms. The smallest absolute Gasteiger partial charge is 0.341 e. The minimum absolute atomic E-state index is 0.161. The van der Waals surface area contributed by atoms with Crippen LogP contribution in [0, 0.1) is 6.92 Å². The Morgan fingerprint density at radius 1 is 1.29 bits per heavy atom. The maximum absolute atomic E-state index is 12.4. The van der Waals surface area contributed by atoms with Crippen molar-refractivity contribution in [1.82, 2.24) is 0 Å². The molecule has 0 atom stereocenters. The van der Waals surface area contributed by atoms with Crippen LogP contribution in [0.4, 0.5) is 5.00 Å². The van der Waals surface area contributed by atoms with Crippen molar-refractivity contribution in [1.29, 1.82) is 0 Å². The summed E-state index contributed by atoms with van der Waals surface area (Å²) < 4.78 is 5.82. The molecule has 126 valence electrons. The Hall–Kier alpha value is -1.99. The number of hydrogen-bond acceptors (Lipinski definition) is 5. The van der Waals surface area contributed by atoms with Crippen LogP contribution in [0.3, 0.4) is 0 Å². The van der Waals surface area contributed by atoms with Crippen LogP contribution in [0.5, 0.6) is 0 Å². The van der Waals surface area contributed by atoms with Crippen LogP contribution in [0.2, 0.25) is 0 Å². The highest BCUT2D eigenvalue weighted by Gasteiger charge is 2.25. The van der Waals surface area contributed by atoms with Gasteiger partial charge in [-0.25, -0.2) is 4.79 Å². The first-order valence-corrected chi connectivity index (χ1v) is 8.84. The van der Waals surface area contributed by atoms with Gasteiger partial charge in [0.05, 0.1) is 17.0 Å². The summed E-state index contributed by atoms with van der Waals surface area (Å²) in [6, 6.07) is 6.89. The quantitative estimate of drug-likeness (QED) is 0.584. The van der Waals surface area contributed by atoms with E-state index in [1.165, 1.54) is 6.92 Å². The Balaban J connectivity index is 2.41. The molecule has 2 aromatic rings. The largest absolute Gasteiger partial charge is 0.462 e. The fourth-order valence-electron chi connectivity index (χ4n) is 2.19. The second-order valence-electron chi connectivity index (χ2n) is 5.00. The number of esters is 1. The van der Waals surface area contributed by atoms with Gasteiger partial charge in [0.2, 0.25) is 0 Å². The first-order chi connectivity index (χ1) is 11.3. The van der Waals surface area contributed by atoms with Crippen molar-refractivity contribution < 1.29 is 19.1 Å². The van der Waals surface area contributed by atoms with E-state index >= 15 is 0 Å². The van der Waals surface area contributed by atoms with E-state index in [-0.39, 0.29) is 23.9 Å². The number of Topliss-reactive ketones (excluding diaryl/α,β-unsaturated/α-hetero) is 1. The summed E-state index contributed by atoms with van der Waals surface area (Å²) in [5.74, 6) is -1.08. The molecular formula is C17H16BrNO4S. The Morgan fingerprint density at radius 3 is 2.58 bits per heavy atom. The number of ether oxygens (including phenoxy) is 1. The third-order valence-corrected chi connectivity index (χ3v) is 5.06. The molecule has 1 aromatic carbocycles. The third-order valence-electron chi connectivity index (χ3n) is 3.26. The van der Waals surface area contributed by atoms with Gasteiger partial charge in [0, 0.05) is 10.0 Å². The molecule has 0 aliphatic carbocycles. The third kappa shape index (κ3) is 3.91. The lowest BCUT2D eigenvalue weighted by Gasteiger charge is -2.07. The summed E-state index contributed by atoms with van der Waals surface area (Å²) in [7, 11) is 0. The maximum Gasteiger partial charge on any atom is 0.341 e. The van der Waals surface area contributed by atoms with Crippen molar-refractivity contribution in [3.8, 4) is 0 Å². The average molecular weight is 410 g/mol. The van der Waals surface area contributed by atoms with Gasteiger partial charge in [-0.05, 0) is 44.5 Å². The summed E-state index contributed by atoms with van der Waals surface area (Å²) in [4.78, 5) is 36.8. The van der Waals surface area contributed by atoms with Gasteiger partial charge < -0.3 is 10.1 Å². The molecule has 0 fully saturated rings. The van der Waals surface area contributed by atoms with Gasteiger partial charge in [0.15, 0.2) is 5.78 Å². The zero-order chi connectivity index (χ0) is 17.9. The number of halogens is 1. The summed E-state index contributed by atoms with van der Waals surface area (Å²) >= 11 is 4.39. The molecule has 0 saturated heterocycles. The van der Waals surface area contributed by atoms with Gasteiger partial charge >= 0.3 is 5.97 Å². The lowest BCUT2D eigenvalue weighted by atomic mass is 10.1. The van der Waals surface area contributed by atoms with Crippen molar-refractivity contribution in [3.63, 3.8) is 0 Å². The standard InChI is InChI=1S/C17H16BrNO4S/c1-4-23-17(22)13-9(2)14(10(3)20)24-16(13)19-15(21)11-6-5-7-12(18)8-11/h5-8H,4H2,1-3H3,(H,19,21). The fraction of sp³-hybridized carbons (Fsp3) is 0.235. The fourth-order valence-corrected chi connectivity index (χ4v) is 3.68. The van der Waals surface area contributed by atoms with Gasteiger partial charge in [0.25, 0.3) is 5.91 Å². The van der Waals surface area contributed by atoms with Gasteiger partial charge in [-0.15, -0.1) is 11.3 Å². The van der Waals surface area contributed by atoms with E-state index in [4.69, 9.17) is 4.74 Å². The normalized spacial score (nSPS) is 10.3. The lowest BCUT2D eigenvalue weighted by molar-refractivity contribution is 0.0527. The van der Waals surface area contributed by atoms with Crippen LogP contribution in [0.1, 0.15) is 49.8 Å². The minimum atomic E-state index is -0.553. The predicted octanol–water partition coefficient (Wildman–Crippen LogP) is 4.45. The maximum atomic E-state index is 12.4. The molecule has 2 rings (SSSR count). The summed E-state index contributed by atoms with van der Waals surface area (Å²) in [5, 5.41) is 3.04. The summed E-state index contributed by atoms with van der Waals surface area (Å²) in [6.07, 6.45) is 0. The number of thiophene rings is 1. The van der Waals surface area contributed by atoms with Crippen molar-refractivity contribution in [2.45, 2.75) is 20.8 Å². The van der Waals surface area contributed by atoms with Crippen molar-refractivity contribution >= 4 is 49.9 Å². The molecular weight excluding hydrogens is 394 g/mol. The molecule has 1 amide bonds. The first-order valence-electron chi connectivity index (χ1n) is 7.23. The Morgan fingerprint density at radius 2 is 2.00 bits per heavy atom. The highest BCUT2D eigenvalue weighted by Crippen LogP contribution is 2.34. The SMILES string of the molecule is CCOC(=O)c1c(NC(=O)c2cccc(Br)c2)sc(C(C)=O)c1C. The molecule has 7 heteroatoms. The topological polar surface area (TPSA) is 72.5 Å². The molecule has 0 aliphatic heterocycles. The first kappa shape index (κ1) is 18.4. The highest BCUT2D eigenvalue weighted by molar-refractivity contribution is 9.10. The molecule has 5 nitrogen and oxygen atoms in total. The lowest BCUT2D eigenvalue weighted by Crippen LogP contribution is -2.14. The molecule has 1 heterocycles. The Labute approximate surface area is 152 Å². The number of anilines is 1. The van der Waals surface area contributed by atoms with Gasteiger partial charge in [-0.2, -0.15) is 0 Å². The molecule has 0 unspecified atom stereocenters. The van der Waals surface area contributed by atoms with E-state index < -0.39 is 5.97 Å². The van der Waals surface area contributed by atoms with E-state index in [9.17, 15) is 14.4 Å². The number of nitrogens with one attached hydrogen (secondary N) is 1. The Kier molecular flexibility index (Phi) is 5.90. The highest BCUT2D eigenvalue weighted by atomic mass is 79.9. The second kappa shape index (κ2) is 7.72. The molecule has 0 saturated carbocycles. The number of hydrogen-bond donors (Lipinski definition) is 1. The predicted molar refractivity (Wildman–Crippen MR) is 97.1 cm³/mol. The van der Waals surface area contributed by atoms with Crippen LogP contribution in [-0.4, -0.2) is 24.3 Å². The number of benzene rings is 1. The monoisotopic (exact) mass is 409 g/mol. The van der Waals surface area contributed by atoms with Gasteiger partial charge in [-0.3, -0.25) is 9.59 Å². The van der Waals surface area contributed by atoms with Crippen LogP contribution in [-0.2, 0) is 4.74 Å². The van der Waals surface area contributed by atoms with Crippen LogP contribution < -0.4 is 5.32 Å². The number of rotatable bonds is 5. The zero-order valence-corrected chi connectivity index (χ0v) is 15.8. The molecule has 1 N–H and O–H groups in total. The Bertz CT molecular complexity index is 813. The van der Waals surface area contributed by atoms with Crippen LogP contribution in [0.25, 0.3) is 0 Å². The van der Waals surface area contributed by atoms with E-state index in [1.807, 2.05) is 6.07 Å². The number of amides is 1. The van der Waals surface area contributed by atoms with Crippen molar-refractivity contribution in [3.05, 3.63) is 50.3 Å². The molecule has 0 bridgehead atoms. The molecule has 0 radical (unpaired) electrons. The van der Waals surface area contributed by atoms with E-state index in [0.29, 0.717) is 21.0 Å². The van der Waals surface area contributed by atoms with Gasteiger partial charge in [-0.1, -0.05) is 22.0 Å². The van der Waals surface area contributed by atoms with Crippen LogP contribution >= 0.6 is 27.3 Å². The second-order valence-corrected chi connectivity index (χ2v) is 6.94. The number of carbonyl (C=O) groups is 3. The molecule has 0 aliphatic rings. The molecule has 1 aromatic heterocycles. The summed E-state index contributed by atoms with van der Waals surface area (Å²) in [5.41, 5.74) is 1.19. The van der Waals surface area contributed by atoms with E-state index in [1.54, 1.807) is 32.0 Å². The van der Waals surface area contributed by atoms with E-state index in [2.05, 4.69) is 21.2 Å². The zero-order valence-electron chi connectivity index (χ0n) is 13.4. The number of ketones is 1. The van der Waals surface area contributed by atoms with Crippen molar-refractivity contribution in [2.24, 2.45) is 0 Å². The molecule has 24 heavy (non-hydrogen) atoms. The number of carbonyl (C=O) groups excluding carboxylic acids is 3. The van der Waals surface area contributed by atoms with Crippen LogP contribution in [0.15, 0.2) is 28.7 Å². The average Bonchev–Trinajstić information content (AvgIpc) is 2.84. The van der Waals surface area contributed by atoms with Crippen molar-refractivity contribution in [2.75, 3.05) is 11.9 Å². The minimum Gasteiger partial charge on any atom is -0.462 e. The van der Waals surface area contributed by atoms with Gasteiger partial charge in [0.1, 0.15) is 5.00 Å². The van der Waals surface area contributed by atoms with E-state index in [0.717, 1.165) is 15.8 Å².